The van der Waals surface area contributed by atoms with Gasteiger partial charge in [0.25, 0.3) is 0 Å². The third-order valence-electron chi connectivity index (χ3n) is 7.20. The Morgan fingerprint density at radius 1 is 1.23 bits per heavy atom. The number of hydrogen-bond donors (Lipinski definition) is 1. The fourth-order valence-corrected chi connectivity index (χ4v) is 5.91. The highest BCUT2D eigenvalue weighted by atomic mass is 16.2. The van der Waals surface area contributed by atoms with Gasteiger partial charge in [0.2, 0.25) is 5.91 Å². The Bertz CT molecular complexity index is 953. The van der Waals surface area contributed by atoms with E-state index in [-0.39, 0.29) is 12.5 Å². The lowest BCUT2D eigenvalue weighted by atomic mass is 9.72. The Balaban J connectivity index is 1.33. The van der Waals surface area contributed by atoms with E-state index in [1.54, 1.807) is 17.1 Å². The van der Waals surface area contributed by atoms with Gasteiger partial charge in [-0.2, -0.15) is 10.4 Å². The summed E-state index contributed by atoms with van der Waals surface area (Å²) in [5, 5.41) is 16.9. The molecule has 1 amide bonds. The molecule has 3 saturated heterocycles. The average Bonchev–Trinajstić information content (AvgIpc) is 3.32. The fraction of sp³-hybridized carbons (Fsp3) is 0.565. The number of fused-ring (bicyclic) bond motifs is 4. The Labute approximate surface area is 182 Å². The number of nitrogens with zero attached hydrogens (tertiary/aromatic N) is 6. The minimum atomic E-state index is 0.00328. The molecule has 2 aromatic heterocycles. The van der Waals surface area contributed by atoms with E-state index >= 15 is 0 Å². The van der Waals surface area contributed by atoms with Gasteiger partial charge in [-0.1, -0.05) is 6.42 Å². The quantitative estimate of drug-likeness (QED) is 0.793. The smallest absolute Gasteiger partial charge is 0.241 e. The molecular weight excluding hydrogens is 390 g/mol. The zero-order valence-corrected chi connectivity index (χ0v) is 17.7. The minimum absolute atomic E-state index is 0.00328. The summed E-state index contributed by atoms with van der Waals surface area (Å²) in [7, 11) is 0. The molecule has 162 valence electrons. The number of pyridine rings is 1. The number of nitriles is 1. The van der Waals surface area contributed by atoms with E-state index in [2.05, 4.69) is 31.3 Å². The van der Waals surface area contributed by atoms with Crippen LogP contribution in [0.5, 0.6) is 0 Å². The van der Waals surface area contributed by atoms with E-state index < -0.39 is 0 Å². The van der Waals surface area contributed by atoms with Gasteiger partial charge >= 0.3 is 0 Å². The zero-order valence-electron chi connectivity index (χ0n) is 17.7. The van der Waals surface area contributed by atoms with Crippen molar-refractivity contribution in [3.63, 3.8) is 0 Å². The fourth-order valence-electron chi connectivity index (χ4n) is 5.91. The second-order valence-electron chi connectivity index (χ2n) is 9.02. The van der Waals surface area contributed by atoms with E-state index in [9.17, 15) is 10.1 Å². The van der Waals surface area contributed by atoms with Crippen molar-refractivity contribution in [1.82, 2.24) is 25.0 Å². The van der Waals surface area contributed by atoms with Crippen LogP contribution in [0.2, 0.25) is 0 Å². The number of nitrogens with one attached hydrogen (secondary N) is 1. The van der Waals surface area contributed by atoms with E-state index in [4.69, 9.17) is 0 Å². The van der Waals surface area contributed by atoms with Gasteiger partial charge in [0.05, 0.1) is 5.56 Å². The molecule has 0 aliphatic carbocycles. The first-order chi connectivity index (χ1) is 15.2. The topological polar surface area (TPSA) is 90.1 Å². The number of rotatable bonds is 5. The number of hydrogen-bond acceptors (Lipinski definition) is 6. The van der Waals surface area contributed by atoms with E-state index in [1.807, 2.05) is 24.4 Å². The van der Waals surface area contributed by atoms with Crippen LogP contribution >= 0.6 is 0 Å². The monoisotopic (exact) mass is 419 g/mol. The lowest BCUT2D eigenvalue weighted by Crippen LogP contribution is -2.66. The van der Waals surface area contributed by atoms with Crippen molar-refractivity contribution in [1.29, 1.82) is 5.26 Å². The van der Waals surface area contributed by atoms with Crippen LogP contribution in [0.15, 0.2) is 36.8 Å². The van der Waals surface area contributed by atoms with Crippen LogP contribution in [-0.4, -0.2) is 63.8 Å². The molecule has 2 aromatic rings. The van der Waals surface area contributed by atoms with Gasteiger partial charge < -0.3 is 10.2 Å². The van der Waals surface area contributed by atoms with Crippen molar-refractivity contribution in [2.24, 2.45) is 11.8 Å². The molecule has 0 spiro atoms. The van der Waals surface area contributed by atoms with Gasteiger partial charge in [-0.3, -0.25) is 14.4 Å². The summed E-state index contributed by atoms with van der Waals surface area (Å²) in [6.45, 7) is 3.87. The summed E-state index contributed by atoms with van der Waals surface area (Å²) in [5.41, 5.74) is 0.645. The highest BCUT2D eigenvalue weighted by Gasteiger charge is 2.47. The van der Waals surface area contributed by atoms with Gasteiger partial charge in [0.15, 0.2) is 0 Å². The van der Waals surface area contributed by atoms with Crippen LogP contribution in [0.1, 0.15) is 31.2 Å². The maximum atomic E-state index is 12.5. The summed E-state index contributed by atoms with van der Waals surface area (Å²) >= 11 is 0. The molecule has 5 rings (SSSR count). The highest BCUT2D eigenvalue weighted by molar-refractivity contribution is 5.75. The van der Waals surface area contributed by atoms with Crippen molar-refractivity contribution in [2.75, 3.05) is 31.1 Å². The summed E-state index contributed by atoms with van der Waals surface area (Å²) in [4.78, 5) is 22.1. The summed E-state index contributed by atoms with van der Waals surface area (Å²) < 4.78 is 1.66. The molecular formula is C23H29N7O. The first-order valence-corrected chi connectivity index (χ1v) is 11.3. The molecule has 1 N–H and O–H groups in total. The van der Waals surface area contributed by atoms with Gasteiger partial charge in [0.1, 0.15) is 18.4 Å². The molecule has 8 heteroatoms. The van der Waals surface area contributed by atoms with Gasteiger partial charge in [-0.15, -0.1) is 0 Å². The maximum Gasteiger partial charge on any atom is 0.241 e. The summed E-state index contributed by atoms with van der Waals surface area (Å²) in [5.74, 6) is 1.85. The number of anilines is 1. The minimum Gasteiger partial charge on any atom is -0.355 e. The van der Waals surface area contributed by atoms with E-state index in [0.29, 0.717) is 36.0 Å². The highest BCUT2D eigenvalue weighted by Crippen LogP contribution is 2.42. The van der Waals surface area contributed by atoms with Crippen LogP contribution in [0, 0.1) is 23.2 Å². The predicted octanol–water partition coefficient (Wildman–Crippen LogP) is 1.65. The largest absolute Gasteiger partial charge is 0.355 e. The number of aromatic nitrogens is 3. The van der Waals surface area contributed by atoms with Gasteiger partial charge in [-0.25, -0.2) is 4.98 Å². The van der Waals surface area contributed by atoms with Crippen LogP contribution in [0.4, 0.5) is 5.82 Å². The SMILES string of the molecule is N#Cc1cccnc1N1C[C@H]2C[C@@H](C1)[C@H](CNC(=O)Cn1cccn1)N1CCCC[C@@H]21. The number of piperidine rings is 3. The molecule has 5 heterocycles. The normalized spacial score (nSPS) is 27.9. The summed E-state index contributed by atoms with van der Waals surface area (Å²) in [6, 6.07) is 8.69. The molecule has 31 heavy (non-hydrogen) atoms. The van der Waals surface area contributed by atoms with Gasteiger partial charge in [-0.05, 0) is 55.8 Å². The van der Waals surface area contributed by atoms with Crippen molar-refractivity contribution < 1.29 is 4.79 Å². The molecule has 3 aliphatic heterocycles. The van der Waals surface area contributed by atoms with Crippen molar-refractivity contribution in [3.05, 3.63) is 42.4 Å². The molecule has 0 saturated carbocycles. The molecule has 4 atom stereocenters. The zero-order chi connectivity index (χ0) is 21.2. The van der Waals surface area contributed by atoms with E-state index in [0.717, 1.165) is 25.5 Å². The molecule has 3 fully saturated rings. The second kappa shape index (κ2) is 8.67. The van der Waals surface area contributed by atoms with Crippen LogP contribution in [-0.2, 0) is 11.3 Å². The molecule has 3 aliphatic rings. The van der Waals surface area contributed by atoms with Crippen LogP contribution in [0.3, 0.4) is 0 Å². The average molecular weight is 420 g/mol. The molecule has 0 radical (unpaired) electrons. The van der Waals surface area contributed by atoms with Crippen LogP contribution in [0.25, 0.3) is 0 Å². The Morgan fingerprint density at radius 3 is 2.97 bits per heavy atom. The second-order valence-corrected chi connectivity index (χ2v) is 9.02. The first-order valence-electron chi connectivity index (χ1n) is 11.3. The standard InChI is InChI=1S/C23H29N7O/c24-12-17-5-3-7-25-23(17)28-14-18-11-19(15-28)21(30-10-2-1-6-20(18)30)13-26-22(31)16-29-9-4-8-27-29/h3-5,7-9,18-21H,1-2,6,10-11,13-16H2,(H,26,31)/t18-,19+,20+,21+/m1/s1. The lowest BCUT2D eigenvalue weighted by molar-refractivity contribution is -0.122. The number of amides is 1. The third kappa shape index (κ3) is 4.02. The van der Waals surface area contributed by atoms with Crippen molar-refractivity contribution in [2.45, 2.75) is 44.3 Å². The van der Waals surface area contributed by atoms with E-state index in [1.165, 1.54) is 25.7 Å². The Kier molecular flexibility index (Phi) is 5.60. The third-order valence-corrected chi connectivity index (χ3v) is 7.20. The number of carbonyl (C=O) groups excluding carboxylic acids is 1. The Morgan fingerprint density at radius 2 is 2.13 bits per heavy atom. The molecule has 8 nitrogen and oxygen atoms in total. The number of carbonyl (C=O) groups is 1. The molecule has 0 unspecified atom stereocenters. The lowest BCUT2D eigenvalue weighted by Gasteiger charge is -2.57. The summed E-state index contributed by atoms with van der Waals surface area (Å²) in [6.07, 6.45) is 10.2. The van der Waals surface area contributed by atoms with Gasteiger partial charge in [0, 0.05) is 50.3 Å². The molecule has 0 aromatic carbocycles. The van der Waals surface area contributed by atoms with Crippen LogP contribution < -0.4 is 10.2 Å². The van der Waals surface area contributed by atoms with Crippen molar-refractivity contribution >= 4 is 11.7 Å². The first kappa shape index (κ1) is 20.0. The Hall–Kier alpha value is -2.92. The van der Waals surface area contributed by atoms with Crippen molar-refractivity contribution in [3.8, 4) is 6.07 Å². The molecule has 2 bridgehead atoms. The predicted molar refractivity (Wildman–Crippen MR) is 116 cm³/mol. The maximum absolute atomic E-state index is 12.5.